The molecular formula is C27H26N2O4. The molecule has 0 radical (unpaired) electrons. The predicted molar refractivity (Wildman–Crippen MR) is 125 cm³/mol. The first kappa shape index (κ1) is 22.3. The van der Waals surface area contributed by atoms with Gasteiger partial charge in [0.05, 0.1) is 25.3 Å². The molecule has 0 saturated heterocycles. The highest BCUT2D eigenvalue weighted by Gasteiger charge is 2.22. The minimum Gasteiger partial charge on any atom is -0.477 e. The Kier molecular flexibility index (Phi) is 7.15. The van der Waals surface area contributed by atoms with E-state index in [1.807, 2.05) is 79.7 Å². The Labute approximate surface area is 193 Å². The molecule has 0 aliphatic carbocycles. The largest absolute Gasteiger partial charge is 0.477 e. The normalized spacial score (nSPS) is 11.7. The van der Waals surface area contributed by atoms with Crippen molar-refractivity contribution in [2.45, 2.75) is 25.7 Å². The van der Waals surface area contributed by atoms with Gasteiger partial charge in [0.25, 0.3) is 0 Å². The molecule has 4 rings (SSSR count). The van der Waals surface area contributed by atoms with Crippen LogP contribution in [0.25, 0.3) is 11.5 Å². The number of oxazole rings is 1. The number of hydrogen-bond acceptors (Lipinski definition) is 6. The fourth-order valence-electron chi connectivity index (χ4n) is 3.63. The highest BCUT2D eigenvalue weighted by atomic mass is 16.5. The second kappa shape index (κ2) is 10.6. The van der Waals surface area contributed by atoms with E-state index in [1.165, 1.54) is 7.11 Å². The number of nitrogens with zero attached hydrogens (tertiary/aromatic N) is 2. The summed E-state index contributed by atoms with van der Waals surface area (Å²) in [6, 6.07) is 23.2. The Hall–Kier alpha value is -3.93. The van der Waals surface area contributed by atoms with Crippen LogP contribution in [0.2, 0.25) is 0 Å². The third-order valence-corrected chi connectivity index (χ3v) is 5.43. The number of aromatic nitrogens is 2. The quantitative estimate of drug-likeness (QED) is 0.333. The summed E-state index contributed by atoms with van der Waals surface area (Å²) in [4.78, 5) is 21.3. The van der Waals surface area contributed by atoms with Gasteiger partial charge in [-0.05, 0) is 36.6 Å². The maximum Gasteiger partial charge on any atom is 0.313 e. The highest BCUT2D eigenvalue weighted by Crippen LogP contribution is 2.24. The van der Waals surface area contributed by atoms with Crippen molar-refractivity contribution < 1.29 is 18.7 Å². The Balaban J connectivity index is 1.34. The van der Waals surface area contributed by atoms with Crippen LogP contribution in [0.3, 0.4) is 0 Å². The van der Waals surface area contributed by atoms with E-state index >= 15 is 0 Å². The molecule has 2 aromatic heterocycles. The number of methoxy groups -OCH3 is 1. The number of carbonyl (C=O) groups is 1. The van der Waals surface area contributed by atoms with E-state index in [0.717, 1.165) is 28.1 Å². The van der Waals surface area contributed by atoms with Gasteiger partial charge < -0.3 is 13.9 Å². The van der Waals surface area contributed by atoms with Gasteiger partial charge >= 0.3 is 5.97 Å². The summed E-state index contributed by atoms with van der Waals surface area (Å²) in [5.74, 6) is 1.29. The van der Waals surface area contributed by atoms with E-state index in [9.17, 15) is 4.79 Å². The molecule has 4 aromatic rings. The first-order chi connectivity index (χ1) is 16.1. The minimum absolute atomic E-state index is 0.264. The summed E-state index contributed by atoms with van der Waals surface area (Å²) >= 11 is 0. The van der Waals surface area contributed by atoms with E-state index in [4.69, 9.17) is 13.9 Å². The number of benzene rings is 2. The van der Waals surface area contributed by atoms with Crippen LogP contribution in [0, 0.1) is 6.92 Å². The van der Waals surface area contributed by atoms with Gasteiger partial charge in [-0.3, -0.25) is 4.79 Å². The number of pyridine rings is 1. The highest BCUT2D eigenvalue weighted by molar-refractivity contribution is 5.78. The summed E-state index contributed by atoms with van der Waals surface area (Å²) in [5, 5.41) is 0. The van der Waals surface area contributed by atoms with Crippen LogP contribution in [0.1, 0.15) is 28.5 Å². The summed E-state index contributed by atoms with van der Waals surface area (Å²) in [5.41, 5.74) is 3.67. The Morgan fingerprint density at radius 3 is 2.39 bits per heavy atom. The van der Waals surface area contributed by atoms with Crippen LogP contribution in [0.15, 0.2) is 83.4 Å². The molecule has 0 amide bonds. The van der Waals surface area contributed by atoms with Gasteiger partial charge in [0, 0.05) is 24.2 Å². The molecule has 0 aliphatic heterocycles. The van der Waals surface area contributed by atoms with E-state index in [0.29, 0.717) is 31.2 Å². The molecular weight excluding hydrogens is 416 g/mol. The van der Waals surface area contributed by atoms with Crippen LogP contribution in [0.4, 0.5) is 0 Å². The standard InChI is InChI=1S/C27H26N2O4/c1-19-24(29-26(33-19)22-11-7-4-8-12-22)15-16-32-25-14-13-20(18-28-25)17-23(27(30)31-2)21-9-5-3-6-10-21/h3-14,18,23H,15-17H2,1-2H3. The second-order valence-electron chi connectivity index (χ2n) is 7.68. The average Bonchev–Trinajstić information content (AvgIpc) is 3.24. The summed E-state index contributed by atoms with van der Waals surface area (Å²) in [6.07, 6.45) is 2.86. The van der Waals surface area contributed by atoms with E-state index in [1.54, 1.807) is 6.20 Å². The zero-order valence-corrected chi connectivity index (χ0v) is 18.7. The molecule has 0 spiro atoms. The van der Waals surface area contributed by atoms with Gasteiger partial charge in [-0.15, -0.1) is 0 Å². The Bertz CT molecular complexity index is 1170. The van der Waals surface area contributed by atoms with Gasteiger partial charge in [-0.1, -0.05) is 54.6 Å². The maximum atomic E-state index is 12.3. The number of ether oxygens (including phenoxy) is 2. The molecule has 1 unspecified atom stereocenters. The summed E-state index contributed by atoms with van der Waals surface area (Å²) in [6.45, 7) is 2.34. The van der Waals surface area contributed by atoms with E-state index in [-0.39, 0.29) is 11.9 Å². The monoisotopic (exact) mass is 442 g/mol. The molecule has 6 heteroatoms. The van der Waals surface area contributed by atoms with Crippen molar-refractivity contribution in [1.29, 1.82) is 0 Å². The third kappa shape index (κ3) is 5.66. The fraction of sp³-hybridized carbons (Fsp3) is 0.222. The summed E-state index contributed by atoms with van der Waals surface area (Å²) < 4.78 is 16.6. The molecule has 1 atom stereocenters. The fourth-order valence-corrected chi connectivity index (χ4v) is 3.63. The smallest absolute Gasteiger partial charge is 0.313 e. The van der Waals surface area contributed by atoms with Crippen molar-refractivity contribution in [2.75, 3.05) is 13.7 Å². The van der Waals surface area contributed by atoms with Crippen LogP contribution >= 0.6 is 0 Å². The first-order valence-electron chi connectivity index (χ1n) is 10.9. The van der Waals surface area contributed by atoms with Crippen molar-refractivity contribution in [2.24, 2.45) is 0 Å². The molecule has 6 nitrogen and oxygen atoms in total. The summed E-state index contributed by atoms with van der Waals surface area (Å²) in [7, 11) is 1.41. The SMILES string of the molecule is COC(=O)C(Cc1ccc(OCCc2nc(-c3ccccc3)oc2C)nc1)c1ccccc1. The van der Waals surface area contributed by atoms with E-state index < -0.39 is 0 Å². The Morgan fingerprint density at radius 2 is 1.73 bits per heavy atom. The zero-order valence-electron chi connectivity index (χ0n) is 18.7. The second-order valence-corrected chi connectivity index (χ2v) is 7.68. The van der Waals surface area contributed by atoms with Crippen LogP contribution in [-0.4, -0.2) is 29.7 Å². The number of hydrogen-bond donors (Lipinski definition) is 0. The zero-order chi connectivity index (χ0) is 23.0. The number of rotatable bonds is 9. The number of aryl methyl sites for hydroxylation is 1. The van der Waals surface area contributed by atoms with Crippen LogP contribution in [0.5, 0.6) is 5.88 Å². The van der Waals surface area contributed by atoms with Gasteiger partial charge in [0.2, 0.25) is 11.8 Å². The van der Waals surface area contributed by atoms with Crippen molar-refractivity contribution in [1.82, 2.24) is 9.97 Å². The number of esters is 1. The van der Waals surface area contributed by atoms with Gasteiger partial charge in [0.15, 0.2) is 0 Å². The lowest BCUT2D eigenvalue weighted by Crippen LogP contribution is -2.17. The van der Waals surface area contributed by atoms with Crippen molar-refractivity contribution >= 4 is 5.97 Å². The first-order valence-corrected chi connectivity index (χ1v) is 10.9. The van der Waals surface area contributed by atoms with Gasteiger partial charge in [0.1, 0.15) is 5.76 Å². The molecule has 0 N–H and O–H groups in total. The lowest BCUT2D eigenvalue weighted by Gasteiger charge is -2.15. The third-order valence-electron chi connectivity index (χ3n) is 5.43. The molecule has 0 bridgehead atoms. The molecule has 0 fully saturated rings. The van der Waals surface area contributed by atoms with Crippen molar-refractivity contribution in [3.05, 3.63) is 102 Å². The molecule has 2 aromatic carbocycles. The van der Waals surface area contributed by atoms with Gasteiger partial charge in [-0.25, -0.2) is 9.97 Å². The van der Waals surface area contributed by atoms with Crippen LogP contribution < -0.4 is 4.74 Å². The lowest BCUT2D eigenvalue weighted by molar-refractivity contribution is -0.142. The van der Waals surface area contributed by atoms with Crippen molar-refractivity contribution in [3.8, 4) is 17.3 Å². The maximum absolute atomic E-state index is 12.3. The van der Waals surface area contributed by atoms with Gasteiger partial charge in [-0.2, -0.15) is 0 Å². The minimum atomic E-state index is -0.376. The van der Waals surface area contributed by atoms with E-state index in [2.05, 4.69) is 9.97 Å². The van der Waals surface area contributed by atoms with Crippen LogP contribution in [-0.2, 0) is 22.4 Å². The molecule has 0 aliphatic rings. The average molecular weight is 443 g/mol. The molecule has 33 heavy (non-hydrogen) atoms. The molecule has 2 heterocycles. The van der Waals surface area contributed by atoms with Crippen molar-refractivity contribution in [3.63, 3.8) is 0 Å². The lowest BCUT2D eigenvalue weighted by atomic mass is 9.93. The number of carbonyl (C=O) groups excluding carboxylic acids is 1. The molecule has 0 saturated carbocycles. The Morgan fingerprint density at radius 1 is 1.00 bits per heavy atom. The topological polar surface area (TPSA) is 74.5 Å². The molecule has 168 valence electrons. The predicted octanol–water partition coefficient (Wildman–Crippen LogP) is 5.17.